The maximum atomic E-state index is 12.0. The van der Waals surface area contributed by atoms with E-state index in [0.717, 1.165) is 17.5 Å². The van der Waals surface area contributed by atoms with Crippen molar-refractivity contribution < 1.29 is 19.4 Å². The summed E-state index contributed by atoms with van der Waals surface area (Å²) >= 11 is 0. The van der Waals surface area contributed by atoms with E-state index in [1.54, 1.807) is 0 Å². The second-order valence-corrected chi connectivity index (χ2v) is 5.81. The fourth-order valence-electron chi connectivity index (χ4n) is 2.58. The Hall–Kier alpha value is -2.04. The largest absolute Gasteiger partial charge is 0.483 e. The molecule has 1 aliphatic rings. The van der Waals surface area contributed by atoms with Crippen LogP contribution in [0.3, 0.4) is 0 Å². The second-order valence-electron chi connectivity index (χ2n) is 5.81. The third-order valence-corrected chi connectivity index (χ3v) is 3.91. The molecule has 21 heavy (non-hydrogen) atoms. The van der Waals surface area contributed by atoms with Crippen LogP contribution in [0.2, 0.25) is 0 Å². The zero-order valence-electron chi connectivity index (χ0n) is 12.4. The van der Waals surface area contributed by atoms with Crippen molar-refractivity contribution >= 4 is 11.9 Å². The third-order valence-electron chi connectivity index (χ3n) is 3.91. The molecule has 0 radical (unpaired) electrons. The van der Waals surface area contributed by atoms with Gasteiger partial charge in [-0.1, -0.05) is 12.1 Å². The van der Waals surface area contributed by atoms with Crippen LogP contribution < -0.4 is 10.1 Å². The molecule has 1 fully saturated rings. The molecule has 0 spiro atoms. The lowest BCUT2D eigenvalue weighted by Crippen LogP contribution is -2.55. The highest BCUT2D eigenvalue weighted by atomic mass is 16.5. The molecule has 5 nitrogen and oxygen atoms in total. The Kier molecular flexibility index (Phi) is 4.50. The van der Waals surface area contributed by atoms with Gasteiger partial charge in [0.15, 0.2) is 6.61 Å². The molecule has 0 unspecified atom stereocenters. The molecule has 1 aliphatic carbocycles. The van der Waals surface area contributed by atoms with Gasteiger partial charge in [-0.2, -0.15) is 0 Å². The van der Waals surface area contributed by atoms with E-state index in [0.29, 0.717) is 18.6 Å². The van der Waals surface area contributed by atoms with Crippen LogP contribution in [0.5, 0.6) is 5.75 Å². The number of carboxylic acid groups (broad SMARTS) is 1. The van der Waals surface area contributed by atoms with Crippen molar-refractivity contribution in [2.75, 3.05) is 6.61 Å². The Balaban J connectivity index is 1.90. The minimum absolute atomic E-state index is 0.0256. The molecule has 0 atom stereocenters. The Morgan fingerprint density at radius 2 is 2.05 bits per heavy atom. The molecule has 1 aromatic carbocycles. The Morgan fingerprint density at radius 1 is 1.33 bits per heavy atom. The fourth-order valence-corrected chi connectivity index (χ4v) is 2.58. The van der Waals surface area contributed by atoms with Gasteiger partial charge in [-0.15, -0.1) is 0 Å². The molecule has 0 aliphatic heterocycles. The first-order valence-electron chi connectivity index (χ1n) is 7.13. The van der Waals surface area contributed by atoms with Crippen molar-refractivity contribution in [1.82, 2.24) is 5.32 Å². The minimum atomic E-state index is -0.884. The van der Waals surface area contributed by atoms with Gasteiger partial charge in [-0.05, 0) is 50.3 Å². The van der Waals surface area contributed by atoms with Gasteiger partial charge in [0.2, 0.25) is 0 Å². The first-order valence-corrected chi connectivity index (χ1v) is 7.13. The van der Waals surface area contributed by atoms with E-state index in [1.807, 2.05) is 32.0 Å². The molecular weight excluding hydrogens is 270 g/mol. The zero-order chi connectivity index (χ0) is 15.5. The van der Waals surface area contributed by atoms with Crippen LogP contribution in [0.25, 0.3) is 0 Å². The van der Waals surface area contributed by atoms with Crippen molar-refractivity contribution in [2.24, 2.45) is 0 Å². The van der Waals surface area contributed by atoms with Gasteiger partial charge in [-0.3, -0.25) is 9.59 Å². The van der Waals surface area contributed by atoms with Crippen LogP contribution in [-0.4, -0.2) is 29.1 Å². The summed E-state index contributed by atoms with van der Waals surface area (Å²) in [6.45, 7) is 3.79. The van der Waals surface area contributed by atoms with Crippen LogP contribution in [-0.2, 0) is 9.59 Å². The summed E-state index contributed by atoms with van der Waals surface area (Å²) in [5, 5.41) is 11.7. The number of hydrogen-bond donors (Lipinski definition) is 2. The Morgan fingerprint density at radius 3 is 2.62 bits per heavy atom. The number of rotatable bonds is 6. The number of benzene rings is 1. The van der Waals surface area contributed by atoms with Crippen LogP contribution in [0.15, 0.2) is 18.2 Å². The number of carbonyl (C=O) groups is 2. The molecule has 1 amide bonds. The number of nitrogens with one attached hydrogen (secondary N) is 1. The van der Waals surface area contributed by atoms with E-state index in [-0.39, 0.29) is 18.9 Å². The van der Waals surface area contributed by atoms with Crippen molar-refractivity contribution in [1.29, 1.82) is 0 Å². The zero-order valence-corrected chi connectivity index (χ0v) is 12.4. The van der Waals surface area contributed by atoms with Gasteiger partial charge < -0.3 is 15.2 Å². The molecule has 2 N–H and O–H groups in total. The Bertz CT molecular complexity index is 549. The van der Waals surface area contributed by atoms with E-state index in [1.165, 1.54) is 0 Å². The molecule has 114 valence electrons. The summed E-state index contributed by atoms with van der Waals surface area (Å²) in [5.41, 5.74) is 1.46. The van der Waals surface area contributed by atoms with Crippen LogP contribution >= 0.6 is 0 Å². The molecule has 0 bridgehead atoms. The summed E-state index contributed by atoms with van der Waals surface area (Å²) in [7, 11) is 0. The summed E-state index contributed by atoms with van der Waals surface area (Å²) in [6.07, 6.45) is 2.36. The van der Waals surface area contributed by atoms with Gasteiger partial charge in [0.05, 0.1) is 12.0 Å². The maximum Gasteiger partial charge on any atom is 0.305 e. The van der Waals surface area contributed by atoms with Crippen molar-refractivity contribution in [2.45, 2.75) is 45.1 Å². The number of carbonyl (C=O) groups excluding carboxylic acids is 1. The fraction of sp³-hybridized carbons (Fsp3) is 0.500. The summed E-state index contributed by atoms with van der Waals surface area (Å²) in [6, 6.07) is 5.82. The average molecular weight is 291 g/mol. The quantitative estimate of drug-likeness (QED) is 0.842. The minimum Gasteiger partial charge on any atom is -0.483 e. The predicted molar refractivity (Wildman–Crippen MR) is 78.4 cm³/mol. The molecule has 5 heteroatoms. The average Bonchev–Trinajstić information content (AvgIpc) is 2.36. The highest BCUT2D eigenvalue weighted by Gasteiger charge is 2.40. The summed E-state index contributed by atoms with van der Waals surface area (Å²) < 4.78 is 5.54. The molecule has 1 saturated carbocycles. The topological polar surface area (TPSA) is 75.6 Å². The first kappa shape index (κ1) is 15.4. The standard InChI is InChI=1S/C16H21NO4/c1-11-4-5-12(2)13(8-11)21-10-14(18)17-16(6-3-7-16)9-15(19)20/h4-5,8H,3,6-7,9-10H2,1-2H3,(H,17,18)(H,19,20). The van der Waals surface area contributed by atoms with Crippen LogP contribution in [0.1, 0.15) is 36.8 Å². The number of hydrogen-bond acceptors (Lipinski definition) is 3. The normalized spacial score (nSPS) is 15.9. The highest BCUT2D eigenvalue weighted by Crippen LogP contribution is 2.34. The lowest BCUT2D eigenvalue weighted by atomic mass is 9.74. The SMILES string of the molecule is Cc1ccc(C)c(OCC(=O)NC2(CC(=O)O)CCC2)c1. The molecule has 2 rings (SSSR count). The number of ether oxygens (including phenoxy) is 1. The third kappa shape index (κ3) is 3.97. The van der Waals surface area contributed by atoms with Crippen molar-refractivity contribution in [3.05, 3.63) is 29.3 Å². The molecule has 0 heterocycles. The van der Waals surface area contributed by atoms with E-state index in [4.69, 9.17) is 9.84 Å². The number of aryl methyl sites for hydroxylation is 2. The van der Waals surface area contributed by atoms with E-state index in [9.17, 15) is 9.59 Å². The predicted octanol–water partition coefficient (Wildman–Crippen LogP) is 2.20. The second kappa shape index (κ2) is 6.16. The molecular formula is C16H21NO4. The lowest BCUT2D eigenvalue weighted by molar-refractivity contribution is -0.140. The Labute approximate surface area is 124 Å². The van der Waals surface area contributed by atoms with Crippen molar-refractivity contribution in [3.8, 4) is 5.75 Å². The van der Waals surface area contributed by atoms with E-state index in [2.05, 4.69) is 5.32 Å². The van der Waals surface area contributed by atoms with E-state index < -0.39 is 11.5 Å². The van der Waals surface area contributed by atoms with E-state index >= 15 is 0 Å². The van der Waals surface area contributed by atoms with Gasteiger partial charge >= 0.3 is 5.97 Å². The molecule has 0 saturated heterocycles. The van der Waals surface area contributed by atoms with Crippen molar-refractivity contribution in [3.63, 3.8) is 0 Å². The first-order chi connectivity index (χ1) is 9.90. The smallest absolute Gasteiger partial charge is 0.305 e. The van der Waals surface area contributed by atoms with Gasteiger partial charge in [0.1, 0.15) is 5.75 Å². The maximum absolute atomic E-state index is 12.0. The number of aliphatic carboxylic acids is 1. The van der Waals surface area contributed by atoms with Gasteiger partial charge in [0, 0.05) is 0 Å². The number of carboxylic acids is 1. The van der Waals surface area contributed by atoms with Crippen LogP contribution in [0, 0.1) is 13.8 Å². The number of amides is 1. The molecule has 0 aromatic heterocycles. The summed E-state index contributed by atoms with van der Waals surface area (Å²) in [5.74, 6) is -0.464. The molecule has 1 aromatic rings. The van der Waals surface area contributed by atoms with Gasteiger partial charge in [-0.25, -0.2) is 0 Å². The van der Waals surface area contributed by atoms with Gasteiger partial charge in [0.25, 0.3) is 5.91 Å². The summed E-state index contributed by atoms with van der Waals surface area (Å²) in [4.78, 5) is 22.8. The van der Waals surface area contributed by atoms with Crippen LogP contribution in [0.4, 0.5) is 0 Å². The monoisotopic (exact) mass is 291 g/mol. The highest BCUT2D eigenvalue weighted by molar-refractivity contribution is 5.80. The lowest BCUT2D eigenvalue weighted by Gasteiger charge is -2.41.